The highest BCUT2D eigenvalue weighted by Crippen LogP contribution is 2.30. The van der Waals surface area contributed by atoms with Crippen LogP contribution < -0.4 is 5.32 Å². The molecule has 0 aliphatic carbocycles. The molecule has 0 aromatic heterocycles. The fourth-order valence-electron chi connectivity index (χ4n) is 0.984. The van der Waals surface area contributed by atoms with Crippen LogP contribution in [-0.2, 0) is 0 Å². The summed E-state index contributed by atoms with van der Waals surface area (Å²) >= 11 is 11.9. The fourth-order valence-corrected chi connectivity index (χ4v) is 1.49. The van der Waals surface area contributed by atoms with Gasteiger partial charge in [-0.15, -0.1) is 0 Å². The van der Waals surface area contributed by atoms with Crippen LogP contribution in [0.5, 0.6) is 0 Å². The van der Waals surface area contributed by atoms with E-state index in [0.29, 0.717) is 15.7 Å². The van der Waals surface area contributed by atoms with Gasteiger partial charge in [-0.3, -0.25) is 0 Å². The van der Waals surface area contributed by atoms with E-state index in [1.807, 2.05) is 6.92 Å². The predicted molar refractivity (Wildman–Crippen MR) is 61.2 cm³/mol. The minimum Gasteiger partial charge on any atom is -0.391 e. The first-order valence-corrected chi connectivity index (χ1v) is 5.16. The quantitative estimate of drug-likeness (QED) is 0.841. The molecular weight excluding hydrogens is 221 g/mol. The molecule has 0 saturated heterocycles. The van der Waals surface area contributed by atoms with Crippen molar-refractivity contribution in [2.45, 2.75) is 26.0 Å². The zero-order valence-electron chi connectivity index (χ0n) is 8.09. The van der Waals surface area contributed by atoms with Crippen LogP contribution in [-0.4, -0.2) is 17.3 Å². The second-order valence-corrected chi connectivity index (χ2v) is 4.08. The number of aliphatic hydroxyl groups is 1. The first kappa shape index (κ1) is 11.6. The van der Waals surface area contributed by atoms with Crippen molar-refractivity contribution in [3.05, 3.63) is 28.2 Å². The number of rotatable bonds is 3. The molecule has 1 aromatic carbocycles. The average Bonchev–Trinajstić information content (AvgIpc) is 2.11. The van der Waals surface area contributed by atoms with E-state index in [-0.39, 0.29) is 6.04 Å². The third-order valence-corrected chi connectivity index (χ3v) is 2.69. The summed E-state index contributed by atoms with van der Waals surface area (Å²) in [6, 6.07) is 5.20. The van der Waals surface area contributed by atoms with E-state index in [1.54, 1.807) is 25.1 Å². The van der Waals surface area contributed by atoms with E-state index in [0.717, 1.165) is 0 Å². The number of hydrogen-bond acceptors (Lipinski definition) is 2. The van der Waals surface area contributed by atoms with Gasteiger partial charge in [-0.1, -0.05) is 29.3 Å². The molecule has 14 heavy (non-hydrogen) atoms. The van der Waals surface area contributed by atoms with Crippen molar-refractivity contribution >= 4 is 28.9 Å². The van der Waals surface area contributed by atoms with E-state index in [2.05, 4.69) is 5.32 Å². The summed E-state index contributed by atoms with van der Waals surface area (Å²) in [7, 11) is 0. The molecule has 0 saturated carbocycles. The molecule has 2 N–H and O–H groups in total. The highest BCUT2D eigenvalue weighted by Gasteiger charge is 2.12. The van der Waals surface area contributed by atoms with Gasteiger partial charge in [0.2, 0.25) is 0 Å². The number of hydrogen-bond donors (Lipinski definition) is 2. The molecule has 0 aliphatic rings. The van der Waals surface area contributed by atoms with Crippen LogP contribution in [0, 0.1) is 0 Å². The van der Waals surface area contributed by atoms with Gasteiger partial charge in [0, 0.05) is 6.04 Å². The van der Waals surface area contributed by atoms with Gasteiger partial charge in [-0.05, 0) is 26.0 Å². The maximum Gasteiger partial charge on any atom is 0.0721 e. The van der Waals surface area contributed by atoms with Gasteiger partial charge in [-0.2, -0.15) is 0 Å². The smallest absolute Gasteiger partial charge is 0.0721 e. The molecule has 0 radical (unpaired) electrons. The minimum atomic E-state index is -0.456. The molecule has 0 fully saturated rings. The third kappa shape index (κ3) is 2.77. The molecule has 78 valence electrons. The van der Waals surface area contributed by atoms with Crippen LogP contribution in [0.25, 0.3) is 0 Å². The van der Waals surface area contributed by atoms with Crippen LogP contribution in [0.2, 0.25) is 10.0 Å². The van der Waals surface area contributed by atoms with Crippen molar-refractivity contribution in [1.82, 2.24) is 0 Å². The second kappa shape index (κ2) is 4.87. The van der Waals surface area contributed by atoms with Gasteiger partial charge in [0.25, 0.3) is 0 Å². The lowest BCUT2D eigenvalue weighted by Crippen LogP contribution is -2.28. The topological polar surface area (TPSA) is 32.3 Å². The maximum absolute atomic E-state index is 9.32. The first-order valence-electron chi connectivity index (χ1n) is 4.41. The van der Waals surface area contributed by atoms with Crippen molar-refractivity contribution in [2.75, 3.05) is 5.32 Å². The normalized spacial score (nSPS) is 14.9. The summed E-state index contributed by atoms with van der Waals surface area (Å²) in [5.41, 5.74) is 0.671. The maximum atomic E-state index is 9.32. The Morgan fingerprint density at radius 1 is 1.21 bits per heavy atom. The summed E-state index contributed by atoms with van der Waals surface area (Å²) in [6.07, 6.45) is -0.456. The zero-order chi connectivity index (χ0) is 10.7. The van der Waals surface area contributed by atoms with Gasteiger partial charge in [0.1, 0.15) is 0 Å². The molecular formula is C10H13Cl2NO. The number of halogens is 2. The number of para-hydroxylation sites is 1. The van der Waals surface area contributed by atoms with Crippen molar-refractivity contribution in [1.29, 1.82) is 0 Å². The second-order valence-electron chi connectivity index (χ2n) is 3.27. The van der Waals surface area contributed by atoms with E-state index >= 15 is 0 Å². The molecule has 0 bridgehead atoms. The number of nitrogens with one attached hydrogen (secondary N) is 1. The highest BCUT2D eigenvalue weighted by atomic mass is 35.5. The van der Waals surface area contributed by atoms with Crippen molar-refractivity contribution in [2.24, 2.45) is 0 Å². The Kier molecular flexibility index (Phi) is 4.05. The van der Waals surface area contributed by atoms with Crippen LogP contribution in [0.15, 0.2) is 18.2 Å². The van der Waals surface area contributed by atoms with Gasteiger partial charge in [0.05, 0.1) is 21.8 Å². The Balaban J connectivity index is 2.85. The lowest BCUT2D eigenvalue weighted by molar-refractivity contribution is 0.178. The highest BCUT2D eigenvalue weighted by molar-refractivity contribution is 6.39. The Hall–Kier alpha value is -0.440. The van der Waals surface area contributed by atoms with Crippen LogP contribution in [0.3, 0.4) is 0 Å². The van der Waals surface area contributed by atoms with Crippen molar-refractivity contribution in [3.8, 4) is 0 Å². The Morgan fingerprint density at radius 3 is 2.14 bits per heavy atom. The van der Waals surface area contributed by atoms with Gasteiger partial charge >= 0.3 is 0 Å². The van der Waals surface area contributed by atoms with Gasteiger partial charge < -0.3 is 10.4 Å². The number of anilines is 1. The van der Waals surface area contributed by atoms with Gasteiger partial charge in [0.15, 0.2) is 0 Å². The molecule has 2 nitrogen and oxygen atoms in total. The molecule has 0 amide bonds. The Labute approximate surface area is 93.8 Å². The summed E-state index contributed by atoms with van der Waals surface area (Å²) in [5.74, 6) is 0. The monoisotopic (exact) mass is 233 g/mol. The lowest BCUT2D eigenvalue weighted by atomic mass is 10.2. The molecule has 1 aromatic rings. The molecule has 0 spiro atoms. The molecule has 4 heteroatoms. The molecule has 2 unspecified atom stereocenters. The lowest BCUT2D eigenvalue weighted by Gasteiger charge is -2.19. The van der Waals surface area contributed by atoms with E-state index in [9.17, 15) is 5.11 Å². The molecule has 1 rings (SSSR count). The summed E-state index contributed by atoms with van der Waals surface area (Å²) in [5, 5.41) is 13.5. The average molecular weight is 234 g/mol. The van der Waals surface area contributed by atoms with Crippen LogP contribution in [0.1, 0.15) is 13.8 Å². The number of benzene rings is 1. The largest absolute Gasteiger partial charge is 0.391 e. The SMILES string of the molecule is CC(O)C(C)Nc1c(Cl)cccc1Cl. The first-order chi connectivity index (χ1) is 6.52. The minimum absolute atomic E-state index is 0.0904. The Bertz CT molecular complexity index is 295. The predicted octanol–water partition coefficient (Wildman–Crippen LogP) is 3.17. The molecule has 2 atom stereocenters. The van der Waals surface area contributed by atoms with Crippen LogP contribution in [0.4, 0.5) is 5.69 Å². The zero-order valence-corrected chi connectivity index (χ0v) is 9.60. The van der Waals surface area contributed by atoms with E-state index in [1.165, 1.54) is 0 Å². The molecule has 0 aliphatic heterocycles. The fraction of sp³-hybridized carbons (Fsp3) is 0.400. The summed E-state index contributed by atoms with van der Waals surface area (Å²) < 4.78 is 0. The van der Waals surface area contributed by atoms with E-state index < -0.39 is 6.10 Å². The van der Waals surface area contributed by atoms with E-state index in [4.69, 9.17) is 23.2 Å². The Morgan fingerprint density at radius 2 is 1.71 bits per heavy atom. The van der Waals surface area contributed by atoms with Crippen molar-refractivity contribution < 1.29 is 5.11 Å². The number of aliphatic hydroxyl groups excluding tert-OH is 1. The summed E-state index contributed by atoms with van der Waals surface area (Å²) in [4.78, 5) is 0. The molecule has 0 heterocycles. The standard InChI is InChI=1S/C10H13Cl2NO/c1-6(7(2)14)13-10-8(11)4-3-5-9(10)12/h3-7,13-14H,1-2H3. The van der Waals surface area contributed by atoms with Gasteiger partial charge in [-0.25, -0.2) is 0 Å². The summed E-state index contributed by atoms with van der Waals surface area (Å²) in [6.45, 7) is 3.58. The van der Waals surface area contributed by atoms with Crippen molar-refractivity contribution in [3.63, 3.8) is 0 Å². The third-order valence-electron chi connectivity index (χ3n) is 2.06. The van der Waals surface area contributed by atoms with Crippen LogP contribution >= 0.6 is 23.2 Å².